The Morgan fingerprint density at radius 3 is 2.53 bits per heavy atom. The summed E-state index contributed by atoms with van der Waals surface area (Å²) in [6.07, 6.45) is 2.29. The SMILES string of the molecule is NC(Cc1ccc(F)cc1Br)c1ncc(Br)cc1Br. The molecule has 2 nitrogen and oxygen atoms in total. The summed E-state index contributed by atoms with van der Waals surface area (Å²) in [5.41, 5.74) is 7.89. The molecule has 0 fully saturated rings. The Kier molecular flexibility index (Phi) is 5.11. The molecule has 0 saturated carbocycles. The van der Waals surface area contributed by atoms with Gasteiger partial charge in [-0.3, -0.25) is 4.98 Å². The molecule has 1 aromatic heterocycles. The molecule has 1 aromatic carbocycles. The molecule has 19 heavy (non-hydrogen) atoms. The summed E-state index contributed by atoms with van der Waals surface area (Å²) in [5, 5.41) is 0. The maximum atomic E-state index is 13.0. The number of nitrogens with zero attached hydrogens (tertiary/aromatic N) is 1. The molecule has 0 spiro atoms. The van der Waals surface area contributed by atoms with Crippen molar-refractivity contribution in [3.05, 3.63) is 61.0 Å². The van der Waals surface area contributed by atoms with Crippen LogP contribution in [0.1, 0.15) is 17.3 Å². The molecule has 0 radical (unpaired) electrons. The van der Waals surface area contributed by atoms with Crippen LogP contribution < -0.4 is 5.73 Å². The molecule has 0 saturated heterocycles. The molecule has 1 atom stereocenters. The zero-order valence-corrected chi connectivity index (χ0v) is 14.5. The van der Waals surface area contributed by atoms with Crippen molar-refractivity contribution in [3.63, 3.8) is 0 Å². The maximum absolute atomic E-state index is 13.0. The first-order valence-electron chi connectivity index (χ1n) is 5.48. The molecular formula is C13H10Br3FN2. The van der Waals surface area contributed by atoms with Crippen molar-refractivity contribution in [2.24, 2.45) is 5.73 Å². The third-order valence-corrected chi connectivity index (χ3v) is 4.45. The molecule has 6 heteroatoms. The summed E-state index contributed by atoms with van der Waals surface area (Å²) in [6.45, 7) is 0. The predicted octanol–water partition coefficient (Wildman–Crippen LogP) is 4.75. The van der Waals surface area contributed by atoms with Gasteiger partial charge in [-0.25, -0.2) is 4.39 Å². The summed E-state index contributed by atoms with van der Waals surface area (Å²) in [5.74, 6) is -0.271. The van der Waals surface area contributed by atoms with E-state index in [0.29, 0.717) is 6.42 Å². The Bertz CT molecular complexity index is 604. The highest BCUT2D eigenvalue weighted by Gasteiger charge is 2.14. The Balaban J connectivity index is 2.23. The third kappa shape index (κ3) is 3.84. The van der Waals surface area contributed by atoms with Gasteiger partial charge in [0.1, 0.15) is 5.82 Å². The average Bonchev–Trinajstić information content (AvgIpc) is 2.32. The van der Waals surface area contributed by atoms with E-state index in [4.69, 9.17) is 5.73 Å². The summed E-state index contributed by atoms with van der Waals surface area (Å²) >= 11 is 10.1. The topological polar surface area (TPSA) is 38.9 Å². The van der Waals surface area contributed by atoms with Gasteiger partial charge < -0.3 is 5.73 Å². The minimum absolute atomic E-state index is 0.260. The minimum Gasteiger partial charge on any atom is -0.322 e. The van der Waals surface area contributed by atoms with Gasteiger partial charge in [-0.1, -0.05) is 22.0 Å². The van der Waals surface area contributed by atoms with Crippen molar-refractivity contribution in [3.8, 4) is 0 Å². The number of benzene rings is 1. The molecule has 0 aliphatic heterocycles. The molecular weight excluding hydrogens is 443 g/mol. The van der Waals surface area contributed by atoms with E-state index in [9.17, 15) is 4.39 Å². The standard InChI is InChI=1S/C13H10Br3FN2/c14-8-4-11(16)13(19-6-8)12(18)3-7-1-2-9(17)5-10(7)15/h1-2,4-6,12H,3,18H2. The molecule has 2 N–H and O–H groups in total. The van der Waals surface area contributed by atoms with Gasteiger partial charge in [-0.05, 0) is 62.0 Å². The molecule has 0 aliphatic carbocycles. The Morgan fingerprint density at radius 1 is 1.16 bits per heavy atom. The van der Waals surface area contributed by atoms with E-state index in [-0.39, 0.29) is 11.9 Å². The van der Waals surface area contributed by atoms with Crippen molar-refractivity contribution in [1.82, 2.24) is 4.98 Å². The minimum atomic E-state index is -0.271. The highest BCUT2D eigenvalue weighted by Crippen LogP contribution is 2.27. The van der Waals surface area contributed by atoms with Crippen LogP contribution in [0.5, 0.6) is 0 Å². The number of hydrogen-bond acceptors (Lipinski definition) is 2. The fraction of sp³-hybridized carbons (Fsp3) is 0.154. The number of hydrogen-bond donors (Lipinski definition) is 1. The zero-order chi connectivity index (χ0) is 14.0. The third-order valence-electron chi connectivity index (χ3n) is 2.64. The van der Waals surface area contributed by atoms with Crippen LogP contribution in [0.2, 0.25) is 0 Å². The van der Waals surface area contributed by atoms with Crippen LogP contribution >= 0.6 is 47.8 Å². The van der Waals surface area contributed by atoms with Gasteiger partial charge in [0.05, 0.1) is 11.7 Å². The van der Waals surface area contributed by atoms with Crippen molar-refractivity contribution in [2.45, 2.75) is 12.5 Å². The lowest BCUT2D eigenvalue weighted by Gasteiger charge is -2.14. The van der Waals surface area contributed by atoms with Gasteiger partial charge in [0, 0.05) is 19.6 Å². The molecule has 2 rings (SSSR count). The fourth-order valence-electron chi connectivity index (χ4n) is 1.72. The summed E-state index contributed by atoms with van der Waals surface area (Å²) in [6, 6.07) is 6.24. The number of aromatic nitrogens is 1. The second-order valence-electron chi connectivity index (χ2n) is 4.07. The Labute approximate surface area is 136 Å². The first kappa shape index (κ1) is 15.1. The van der Waals surface area contributed by atoms with E-state index in [0.717, 1.165) is 24.7 Å². The fourth-order valence-corrected chi connectivity index (χ4v) is 3.51. The van der Waals surface area contributed by atoms with E-state index in [1.54, 1.807) is 12.3 Å². The normalized spacial score (nSPS) is 12.5. The van der Waals surface area contributed by atoms with Crippen LogP contribution in [0.25, 0.3) is 0 Å². The number of nitrogens with two attached hydrogens (primary N) is 1. The lowest BCUT2D eigenvalue weighted by Crippen LogP contribution is -2.16. The quantitative estimate of drug-likeness (QED) is 0.729. The number of pyridine rings is 1. The summed E-state index contributed by atoms with van der Waals surface area (Å²) < 4.78 is 15.5. The van der Waals surface area contributed by atoms with E-state index in [2.05, 4.69) is 52.8 Å². The number of halogens is 4. The summed E-state index contributed by atoms with van der Waals surface area (Å²) in [7, 11) is 0. The monoisotopic (exact) mass is 450 g/mol. The van der Waals surface area contributed by atoms with Crippen LogP contribution in [-0.4, -0.2) is 4.98 Å². The van der Waals surface area contributed by atoms with Crippen LogP contribution in [0.3, 0.4) is 0 Å². The molecule has 0 amide bonds. The largest absolute Gasteiger partial charge is 0.322 e. The molecule has 1 heterocycles. The second-order valence-corrected chi connectivity index (χ2v) is 6.69. The second kappa shape index (κ2) is 6.43. The van der Waals surface area contributed by atoms with Crippen molar-refractivity contribution >= 4 is 47.8 Å². The number of rotatable bonds is 3. The van der Waals surface area contributed by atoms with Crippen molar-refractivity contribution in [2.75, 3.05) is 0 Å². The molecule has 2 aromatic rings. The van der Waals surface area contributed by atoms with Gasteiger partial charge in [0.25, 0.3) is 0 Å². The highest BCUT2D eigenvalue weighted by molar-refractivity contribution is 9.11. The first-order chi connectivity index (χ1) is 8.97. The van der Waals surface area contributed by atoms with Crippen LogP contribution in [0.4, 0.5) is 4.39 Å². The summed E-state index contributed by atoms with van der Waals surface area (Å²) in [4.78, 5) is 4.31. The van der Waals surface area contributed by atoms with Crippen LogP contribution in [-0.2, 0) is 6.42 Å². The van der Waals surface area contributed by atoms with Crippen molar-refractivity contribution < 1.29 is 4.39 Å². The lowest BCUT2D eigenvalue weighted by molar-refractivity contribution is 0.623. The van der Waals surface area contributed by atoms with Gasteiger partial charge in [0.15, 0.2) is 0 Å². The van der Waals surface area contributed by atoms with Crippen LogP contribution in [0, 0.1) is 5.82 Å². The zero-order valence-electron chi connectivity index (χ0n) is 9.71. The maximum Gasteiger partial charge on any atom is 0.124 e. The van der Waals surface area contributed by atoms with Gasteiger partial charge in [0.2, 0.25) is 0 Å². The molecule has 1 unspecified atom stereocenters. The van der Waals surface area contributed by atoms with E-state index in [1.165, 1.54) is 12.1 Å². The molecule has 100 valence electrons. The van der Waals surface area contributed by atoms with E-state index in [1.807, 2.05) is 6.07 Å². The van der Waals surface area contributed by atoms with Gasteiger partial charge >= 0.3 is 0 Å². The predicted molar refractivity (Wildman–Crippen MR) is 84.4 cm³/mol. The molecule has 0 bridgehead atoms. The van der Waals surface area contributed by atoms with E-state index >= 15 is 0 Å². The van der Waals surface area contributed by atoms with Gasteiger partial charge in [-0.2, -0.15) is 0 Å². The Morgan fingerprint density at radius 2 is 1.89 bits per heavy atom. The van der Waals surface area contributed by atoms with Crippen molar-refractivity contribution in [1.29, 1.82) is 0 Å². The first-order valence-corrected chi connectivity index (χ1v) is 7.85. The Hall–Kier alpha value is -0.300. The van der Waals surface area contributed by atoms with E-state index < -0.39 is 0 Å². The highest BCUT2D eigenvalue weighted by atomic mass is 79.9. The van der Waals surface area contributed by atoms with Gasteiger partial charge in [-0.15, -0.1) is 0 Å². The smallest absolute Gasteiger partial charge is 0.124 e. The van der Waals surface area contributed by atoms with Crippen LogP contribution in [0.15, 0.2) is 43.9 Å². The average molecular weight is 453 g/mol. The molecule has 0 aliphatic rings. The lowest BCUT2D eigenvalue weighted by atomic mass is 10.0.